The van der Waals surface area contributed by atoms with Gasteiger partial charge in [-0.05, 0) is 31.5 Å². The molecule has 2 rings (SSSR count). The largest absolute Gasteiger partial charge is 0.490 e. The molecule has 0 fully saturated rings. The summed E-state index contributed by atoms with van der Waals surface area (Å²) in [6.45, 7) is 5.39. The van der Waals surface area contributed by atoms with Crippen molar-refractivity contribution >= 4 is 11.6 Å². The third-order valence-corrected chi connectivity index (χ3v) is 3.28. The van der Waals surface area contributed by atoms with Crippen molar-refractivity contribution < 1.29 is 4.74 Å². The van der Waals surface area contributed by atoms with Crippen LogP contribution in [0.2, 0.25) is 0 Å². The first-order chi connectivity index (χ1) is 10.2. The lowest BCUT2D eigenvalue weighted by molar-refractivity contribution is 0.296. The minimum atomic E-state index is 0.551. The van der Waals surface area contributed by atoms with Crippen LogP contribution in [0.4, 0.5) is 0 Å². The molecule has 0 amide bonds. The summed E-state index contributed by atoms with van der Waals surface area (Å²) in [4.78, 5) is 4.19. The molecule has 0 atom stereocenters. The Labute approximate surface area is 130 Å². The van der Waals surface area contributed by atoms with Crippen molar-refractivity contribution in [2.45, 2.75) is 26.8 Å². The van der Waals surface area contributed by atoms with E-state index >= 15 is 0 Å². The van der Waals surface area contributed by atoms with Gasteiger partial charge in [-0.1, -0.05) is 17.9 Å². The van der Waals surface area contributed by atoms with Crippen LogP contribution >= 0.6 is 11.6 Å². The van der Waals surface area contributed by atoms with Gasteiger partial charge < -0.3 is 9.30 Å². The van der Waals surface area contributed by atoms with E-state index in [2.05, 4.69) is 21.4 Å². The van der Waals surface area contributed by atoms with Gasteiger partial charge in [0, 0.05) is 24.7 Å². The van der Waals surface area contributed by atoms with Gasteiger partial charge >= 0.3 is 0 Å². The van der Waals surface area contributed by atoms with E-state index in [0.717, 1.165) is 23.7 Å². The van der Waals surface area contributed by atoms with Crippen molar-refractivity contribution in [2.24, 2.45) is 0 Å². The summed E-state index contributed by atoms with van der Waals surface area (Å²) in [6.07, 6.45) is 4.43. The Morgan fingerprint density at radius 1 is 1.33 bits per heavy atom. The SMILES string of the molecule is Cc1ccc(OCCn2ccnc2C)c(C#CCCCl)c1. The minimum absolute atomic E-state index is 0.551. The zero-order chi connectivity index (χ0) is 15.1. The molecule has 0 aliphatic carbocycles. The number of ether oxygens (including phenoxy) is 1. The smallest absolute Gasteiger partial charge is 0.135 e. The predicted octanol–water partition coefficient (Wildman–Crippen LogP) is 3.56. The highest BCUT2D eigenvalue weighted by Gasteiger charge is 2.03. The molecular formula is C17H19ClN2O. The number of aromatic nitrogens is 2. The zero-order valence-electron chi connectivity index (χ0n) is 12.4. The third kappa shape index (κ3) is 4.54. The molecule has 1 aromatic heterocycles. The second-order valence-corrected chi connectivity index (χ2v) is 5.13. The second kappa shape index (κ2) is 7.75. The fourth-order valence-corrected chi connectivity index (χ4v) is 2.06. The van der Waals surface area contributed by atoms with Crippen LogP contribution in [0, 0.1) is 25.7 Å². The molecule has 1 aromatic carbocycles. The van der Waals surface area contributed by atoms with Gasteiger partial charge in [0.05, 0.1) is 12.1 Å². The summed E-state index contributed by atoms with van der Waals surface area (Å²) in [5.41, 5.74) is 2.09. The topological polar surface area (TPSA) is 27.1 Å². The van der Waals surface area contributed by atoms with E-state index in [9.17, 15) is 0 Å². The highest BCUT2D eigenvalue weighted by Crippen LogP contribution is 2.19. The summed E-state index contributed by atoms with van der Waals surface area (Å²) in [5, 5.41) is 0. The van der Waals surface area contributed by atoms with Crippen molar-refractivity contribution in [3.05, 3.63) is 47.5 Å². The van der Waals surface area contributed by atoms with Crippen LogP contribution in [0.15, 0.2) is 30.6 Å². The number of nitrogens with zero attached hydrogens (tertiary/aromatic N) is 2. The van der Waals surface area contributed by atoms with Gasteiger partial charge in [0.15, 0.2) is 0 Å². The average Bonchev–Trinajstić information content (AvgIpc) is 2.87. The molecule has 21 heavy (non-hydrogen) atoms. The summed E-state index contributed by atoms with van der Waals surface area (Å²) in [5.74, 6) is 8.55. The molecule has 2 aromatic rings. The van der Waals surface area contributed by atoms with Crippen LogP contribution in [0.25, 0.3) is 0 Å². The lowest BCUT2D eigenvalue weighted by Crippen LogP contribution is -2.09. The normalized spacial score (nSPS) is 10.0. The van der Waals surface area contributed by atoms with Crippen LogP contribution in [0.5, 0.6) is 5.75 Å². The van der Waals surface area contributed by atoms with Crippen LogP contribution in [0.1, 0.15) is 23.4 Å². The molecule has 4 heteroatoms. The van der Waals surface area contributed by atoms with Crippen molar-refractivity contribution in [1.29, 1.82) is 0 Å². The Bertz CT molecular complexity index is 652. The van der Waals surface area contributed by atoms with E-state index in [4.69, 9.17) is 16.3 Å². The second-order valence-electron chi connectivity index (χ2n) is 4.76. The maximum atomic E-state index is 5.87. The molecule has 1 heterocycles. The standard InChI is InChI=1S/C17H19ClN2O/c1-14-6-7-17(16(13-14)5-3-4-8-18)21-12-11-20-10-9-19-15(20)2/h6-7,9-10,13H,4,8,11-12H2,1-2H3. The van der Waals surface area contributed by atoms with E-state index in [1.54, 1.807) is 6.20 Å². The average molecular weight is 303 g/mol. The Balaban J connectivity index is 2.02. The first kappa shape index (κ1) is 15.5. The van der Waals surface area contributed by atoms with E-state index in [0.29, 0.717) is 18.9 Å². The molecular weight excluding hydrogens is 284 g/mol. The fourth-order valence-electron chi connectivity index (χ4n) is 1.97. The van der Waals surface area contributed by atoms with Crippen LogP contribution in [-0.2, 0) is 6.54 Å². The Kier molecular flexibility index (Phi) is 5.71. The maximum Gasteiger partial charge on any atom is 0.135 e. The van der Waals surface area contributed by atoms with Gasteiger partial charge in [0.1, 0.15) is 18.2 Å². The molecule has 0 aliphatic heterocycles. The first-order valence-electron chi connectivity index (χ1n) is 6.96. The molecule has 0 spiro atoms. The lowest BCUT2D eigenvalue weighted by Gasteiger charge is -2.10. The summed E-state index contributed by atoms with van der Waals surface area (Å²) in [6, 6.07) is 6.05. The van der Waals surface area contributed by atoms with Crippen molar-refractivity contribution in [3.8, 4) is 17.6 Å². The molecule has 3 nitrogen and oxygen atoms in total. The Hall–Kier alpha value is -1.92. The van der Waals surface area contributed by atoms with Gasteiger partial charge in [0.25, 0.3) is 0 Å². The molecule has 0 unspecified atom stereocenters. The molecule has 0 saturated heterocycles. The molecule has 0 aliphatic rings. The van der Waals surface area contributed by atoms with Gasteiger partial charge in [-0.25, -0.2) is 4.98 Å². The minimum Gasteiger partial charge on any atom is -0.490 e. The van der Waals surface area contributed by atoms with Gasteiger partial charge in [-0.15, -0.1) is 11.6 Å². The van der Waals surface area contributed by atoms with Gasteiger partial charge in [-0.2, -0.15) is 0 Å². The lowest BCUT2D eigenvalue weighted by atomic mass is 10.1. The number of imidazole rings is 1. The Morgan fingerprint density at radius 3 is 2.90 bits per heavy atom. The predicted molar refractivity (Wildman–Crippen MR) is 85.9 cm³/mol. The zero-order valence-corrected chi connectivity index (χ0v) is 13.2. The van der Waals surface area contributed by atoms with Crippen LogP contribution in [0.3, 0.4) is 0 Å². The third-order valence-electron chi connectivity index (χ3n) is 3.09. The van der Waals surface area contributed by atoms with Crippen LogP contribution in [-0.4, -0.2) is 22.0 Å². The highest BCUT2D eigenvalue weighted by atomic mass is 35.5. The molecule has 110 valence electrons. The summed E-state index contributed by atoms with van der Waals surface area (Å²) in [7, 11) is 0. The summed E-state index contributed by atoms with van der Waals surface area (Å²) < 4.78 is 7.93. The highest BCUT2D eigenvalue weighted by molar-refractivity contribution is 6.18. The van der Waals surface area contributed by atoms with Crippen LogP contribution < -0.4 is 4.74 Å². The molecule has 0 saturated carbocycles. The number of benzene rings is 1. The van der Waals surface area contributed by atoms with Crippen molar-refractivity contribution in [2.75, 3.05) is 12.5 Å². The van der Waals surface area contributed by atoms with Crippen molar-refractivity contribution in [3.63, 3.8) is 0 Å². The number of rotatable bonds is 5. The van der Waals surface area contributed by atoms with E-state index in [-0.39, 0.29) is 0 Å². The number of hydrogen-bond acceptors (Lipinski definition) is 2. The quantitative estimate of drug-likeness (QED) is 0.624. The first-order valence-corrected chi connectivity index (χ1v) is 7.50. The molecule has 0 radical (unpaired) electrons. The van der Waals surface area contributed by atoms with Gasteiger partial charge in [0.2, 0.25) is 0 Å². The van der Waals surface area contributed by atoms with Gasteiger partial charge in [-0.3, -0.25) is 0 Å². The molecule has 0 N–H and O–H groups in total. The number of halogens is 1. The number of hydrogen-bond donors (Lipinski definition) is 0. The van der Waals surface area contributed by atoms with Crippen molar-refractivity contribution in [1.82, 2.24) is 9.55 Å². The monoisotopic (exact) mass is 302 g/mol. The molecule has 0 bridgehead atoms. The van der Waals surface area contributed by atoms with E-state index < -0.39 is 0 Å². The summed E-state index contributed by atoms with van der Waals surface area (Å²) >= 11 is 5.65. The van der Waals surface area contributed by atoms with E-state index in [1.807, 2.05) is 38.2 Å². The Morgan fingerprint density at radius 2 is 2.19 bits per heavy atom. The van der Waals surface area contributed by atoms with E-state index in [1.165, 1.54) is 5.56 Å². The number of aryl methyl sites for hydroxylation is 2. The fraction of sp³-hybridized carbons (Fsp3) is 0.353. The maximum absolute atomic E-state index is 5.87. The number of alkyl halides is 1.